The zero-order chi connectivity index (χ0) is 20.4. The molecule has 2 heterocycles. The maximum atomic E-state index is 13.0. The molecule has 2 aromatic rings. The van der Waals surface area contributed by atoms with Gasteiger partial charge in [-0.05, 0) is 31.4 Å². The van der Waals surface area contributed by atoms with Crippen LogP contribution in [0, 0.1) is 11.3 Å². The molecule has 0 saturated carbocycles. The van der Waals surface area contributed by atoms with Crippen molar-refractivity contribution < 1.29 is 19.1 Å². The fourth-order valence-corrected chi connectivity index (χ4v) is 3.82. The smallest absolute Gasteiger partial charge is 0.350 e. The van der Waals surface area contributed by atoms with E-state index in [-0.39, 0.29) is 27.8 Å². The summed E-state index contributed by atoms with van der Waals surface area (Å²) >= 11 is 1.11. The Hall–Kier alpha value is -3.44. The fourth-order valence-electron chi connectivity index (χ4n) is 3.06. The molecule has 0 aliphatic carbocycles. The first-order valence-corrected chi connectivity index (χ1v) is 9.33. The van der Waals surface area contributed by atoms with Gasteiger partial charge in [-0.1, -0.05) is 18.2 Å². The molecule has 0 atom stereocenters. The molecule has 142 valence electrons. The highest BCUT2D eigenvalue weighted by molar-refractivity contribution is 7.12. The van der Waals surface area contributed by atoms with Crippen LogP contribution in [0.5, 0.6) is 0 Å². The third-order valence-electron chi connectivity index (χ3n) is 4.26. The summed E-state index contributed by atoms with van der Waals surface area (Å²) < 4.78 is 4.69. The van der Waals surface area contributed by atoms with Crippen LogP contribution in [0.3, 0.4) is 0 Å². The number of amides is 2. The molecule has 28 heavy (non-hydrogen) atoms. The van der Waals surface area contributed by atoms with Crippen LogP contribution < -0.4 is 10.2 Å². The Morgan fingerprint density at radius 2 is 1.96 bits per heavy atom. The number of ether oxygens (including phenoxy) is 1. The van der Waals surface area contributed by atoms with Gasteiger partial charge in [0, 0.05) is 11.6 Å². The number of esters is 1. The van der Waals surface area contributed by atoms with E-state index in [0.717, 1.165) is 11.3 Å². The Morgan fingerprint density at radius 3 is 2.61 bits per heavy atom. The minimum Gasteiger partial charge on any atom is -0.465 e. The Labute approximate surface area is 165 Å². The van der Waals surface area contributed by atoms with E-state index in [1.165, 1.54) is 7.11 Å². The van der Waals surface area contributed by atoms with Gasteiger partial charge in [0.1, 0.15) is 16.5 Å². The van der Waals surface area contributed by atoms with Crippen molar-refractivity contribution in [3.05, 3.63) is 51.7 Å². The molecule has 0 spiro atoms. The fraction of sp³-hybridized carbons (Fsp3) is 0.200. The lowest BCUT2D eigenvalue weighted by Crippen LogP contribution is -2.33. The number of nitriles is 1. The third-order valence-corrected chi connectivity index (χ3v) is 5.15. The van der Waals surface area contributed by atoms with Crippen molar-refractivity contribution in [3.8, 4) is 6.07 Å². The summed E-state index contributed by atoms with van der Waals surface area (Å²) in [7, 11) is 1.24. The van der Waals surface area contributed by atoms with E-state index in [9.17, 15) is 19.6 Å². The first-order chi connectivity index (χ1) is 13.4. The molecule has 1 aliphatic heterocycles. The number of methoxy groups -OCH3 is 1. The van der Waals surface area contributed by atoms with Crippen LogP contribution in [-0.2, 0) is 14.3 Å². The van der Waals surface area contributed by atoms with Gasteiger partial charge in [0.2, 0.25) is 0 Å². The summed E-state index contributed by atoms with van der Waals surface area (Å²) in [5, 5.41) is 13.8. The molecule has 0 radical (unpaired) electrons. The lowest BCUT2D eigenvalue weighted by atomic mass is 10.0. The lowest BCUT2D eigenvalue weighted by Gasteiger charge is -2.21. The van der Waals surface area contributed by atoms with Gasteiger partial charge in [0.25, 0.3) is 11.8 Å². The van der Waals surface area contributed by atoms with Gasteiger partial charge >= 0.3 is 5.97 Å². The molecule has 0 unspecified atom stereocenters. The summed E-state index contributed by atoms with van der Waals surface area (Å²) in [6.45, 7) is 3.72. The van der Waals surface area contributed by atoms with E-state index in [2.05, 4.69) is 10.1 Å². The summed E-state index contributed by atoms with van der Waals surface area (Å²) in [4.78, 5) is 39.4. The number of nitrogens with one attached hydrogen (secondary N) is 1. The SMILES string of the molecule is COC(=O)c1sccc1NC(=O)/C(C#N)=C1\C(=O)N(C(C)C)c2ccccc21. The third kappa shape index (κ3) is 3.17. The van der Waals surface area contributed by atoms with Crippen LogP contribution in [0.1, 0.15) is 29.1 Å². The number of rotatable bonds is 4. The number of thiophene rings is 1. The van der Waals surface area contributed by atoms with Crippen LogP contribution in [-0.4, -0.2) is 30.9 Å². The van der Waals surface area contributed by atoms with E-state index in [1.807, 2.05) is 19.9 Å². The molecule has 7 nitrogen and oxygen atoms in total. The molecule has 1 aromatic heterocycles. The van der Waals surface area contributed by atoms with E-state index >= 15 is 0 Å². The second-order valence-electron chi connectivity index (χ2n) is 6.26. The summed E-state index contributed by atoms with van der Waals surface area (Å²) in [6.07, 6.45) is 0. The topological polar surface area (TPSA) is 99.5 Å². The summed E-state index contributed by atoms with van der Waals surface area (Å²) in [5.41, 5.74) is 1.17. The molecular formula is C20H17N3O4S. The number of anilines is 2. The molecule has 2 amide bonds. The highest BCUT2D eigenvalue weighted by Gasteiger charge is 2.37. The predicted molar refractivity (Wildman–Crippen MR) is 106 cm³/mol. The number of hydrogen-bond donors (Lipinski definition) is 1. The number of para-hydroxylation sites is 1. The van der Waals surface area contributed by atoms with Gasteiger partial charge in [0.05, 0.1) is 24.1 Å². The zero-order valence-electron chi connectivity index (χ0n) is 15.5. The van der Waals surface area contributed by atoms with E-state index in [4.69, 9.17) is 0 Å². The monoisotopic (exact) mass is 395 g/mol. The van der Waals surface area contributed by atoms with Crippen molar-refractivity contribution >= 4 is 46.1 Å². The molecule has 0 saturated heterocycles. The van der Waals surface area contributed by atoms with Crippen LogP contribution in [0.4, 0.5) is 11.4 Å². The van der Waals surface area contributed by atoms with Crippen molar-refractivity contribution in [3.63, 3.8) is 0 Å². The quantitative estimate of drug-likeness (QED) is 0.487. The molecule has 0 fully saturated rings. The number of hydrogen-bond acceptors (Lipinski definition) is 6. The molecule has 1 N–H and O–H groups in total. The molecule has 3 rings (SSSR count). The number of benzene rings is 1. The van der Waals surface area contributed by atoms with Crippen molar-refractivity contribution in [2.45, 2.75) is 19.9 Å². The Balaban J connectivity index is 2.06. The first kappa shape index (κ1) is 19.3. The van der Waals surface area contributed by atoms with Gasteiger partial charge in [0.15, 0.2) is 0 Å². The van der Waals surface area contributed by atoms with Crippen molar-refractivity contribution in [2.75, 3.05) is 17.3 Å². The van der Waals surface area contributed by atoms with Gasteiger partial charge in [-0.15, -0.1) is 11.3 Å². The molecule has 8 heteroatoms. The van der Waals surface area contributed by atoms with Gasteiger partial charge in [-0.2, -0.15) is 5.26 Å². The Bertz CT molecular complexity index is 1050. The normalized spacial score (nSPS) is 14.5. The van der Waals surface area contributed by atoms with Crippen LogP contribution >= 0.6 is 11.3 Å². The highest BCUT2D eigenvalue weighted by Crippen LogP contribution is 2.39. The number of fused-ring (bicyclic) bond motifs is 1. The molecular weight excluding hydrogens is 378 g/mol. The number of carbonyl (C=O) groups excluding carboxylic acids is 3. The van der Waals surface area contributed by atoms with E-state index < -0.39 is 17.8 Å². The van der Waals surface area contributed by atoms with Gasteiger partial charge < -0.3 is 15.0 Å². The highest BCUT2D eigenvalue weighted by atomic mass is 32.1. The molecule has 1 aromatic carbocycles. The second kappa shape index (κ2) is 7.66. The maximum absolute atomic E-state index is 13.0. The average Bonchev–Trinajstić information content (AvgIpc) is 3.24. The van der Waals surface area contributed by atoms with Crippen molar-refractivity contribution in [2.24, 2.45) is 0 Å². The van der Waals surface area contributed by atoms with Crippen LogP contribution in [0.25, 0.3) is 5.57 Å². The summed E-state index contributed by atoms with van der Waals surface area (Å²) in [6, 6.07) is 10.3. The Kier molecular flexibility index (Phi) is 5.29. The van der Waals surface area contributed by atoms with E-state index in [1.54, 1.807) is 40.6 Å². The zero-order valence-corrected chi connectivity index (χ0v) is 16.3. The number of carbonyl (C=O) groups is 3. The first-order valence-electron chi connectivity index (χ1n) is 8.45. The van der Waals surface area contributed by atoms with Crippen molar-refractivity contribution in [1.82, 2.24) is 0 Å². The van der Waals surface area contributed by atoms with Gasteiger partial charge in [-0.25, -0.2) is 4.79 Å². The van der Waals surface area contributed by atoms with Crippen LogP contribution in [0.15, 0.2) is 41.3 Å². The van der Waals surface area contributed by atoms with Gasteiger partial charge in [-0.3, -0.25) is 9.59 Å². The Morgan fingerprint density at radius 1 is 1.25 bits per heavy atom. The standard InChI is InChI=1S/C20H17N3O4S/c1-11(2)23-15-7-5-4-6-12(15)16(19(23)25)13(10-21)18(24)22-14-8-9-28-17(14)20(26)27-3/h4-9,11H,1-3H3,(H,22,24)/b16-13-. The van der Waals surface area contributed by atoms with Crippen molar-refractivity contribution in [1.29, 1.82) is 5.26 Å². The molecule has 0 bridgehead atoms. The predicted octanol–water partition coefficient (Wildman–Crippen LogP) is 3.21. The molecule has 1 aliphatic rings. The minimum absolute atomic E-state index is 0.0548. The maximum Gasteiger partial charge on any atom is 0.350 e. The van der Waals surface area contributed by atoms with E-state index in [0.29, 0.717) is 11.3 Å². The number of nitrogens with zero attached hydrogens (tertiary/aromatic N) is 2. The minimum atomic E-state index is -0.755. The largest absolute Gasteiger partial charge is 0.465 e. The average molecular weight is 395 g/mol. The lowest BCUT2D eigenvalue weighted by molar-refractivity contribution is -0.115. The second-order valence-corrected chi connectivity index (χ2v) is 7.17. The summed E-state index contributed by atoms with van der Waals surface area (Å²) in [5.74, 6) is -1.75. The van der Waals surface area contributed by atoms with Crippen LogP contribution in [0.2, 0.25) is 0 Å².